The van der Waals surface area contributed by atoms with Crippen LogP contribution >= 0.6 is 11.8 Å². The number of benzene rings is 2. The van der Waals surface area contributed by atoms with Crippen molar-refractivity contribution in [3.05, 3.63) is 82.0 Å². The molecule has 30 heavy (non-hydrogen) atoms. The number of carbonyl (C=O) groups excluding carboxylic acids is 1. The number of aromatic nitrogens is 4. The molecule has 0 fully saturated rings. The highest BCUT2D eigenvalue weighted by Gasteiger charge is 2.13. The number of aryl methyl sites for hydroxylation is 2. The molecule has 0 bridgehead atoms. The number of fused-ring (bicyclic) bond motifs is 1. The zero-order valence-electron chi connectivity index (χ0n) is 16.3. The Morgan fingerprint density at radius 2 is 1.90 bits per heavy atom. The molecule has 0 aliphatic heterocycles. The van der Waals surface area contributed by atoms with E-state index in [2.05, 4.69) is 15.5 Å². The van der Waals surface area contributed by atoms with E-state index in [1.165, 1.54) is 23.9 Å². The number of nitrogens with one attached hydrogen (secondary N) is 1. The fourth-order valence-electron chi connectivity index (χ4n) is 2.86. The van der Waals surface area contributed by atoms with Crippen LogP contribution in [0.3, 0.4) is 0 Å². The largest absolute Gasteiger partial charge is 0.367 e. The fraction of sp³-hybridized carbons (Fsp3) is 0.143. The van der Waals surface area contributed by atoms with E-state index in [1.807, 2.05) is 32.0 Å². The Bertz CT molecular complexity index is 1310. The minimum atomic E-state index is -0.526. The molecule has 0 saturated heterocycles. The molecule has 2 heterocycles. The SMILES string of the molecule is Cc1ccc(NC(=O)Cn2nc3ccc(Sc4cccc(F)c4)nn3c2=O)cc1C. The minimum absolute atomic E-state index is 0.235. The number of hydrogen-bond acceptors (Lipinski definition) is 5. The summed E-state index contributed by atoms with van der Waals surface area (Å²) in [6.45, 7) is 3.72. The van der Waals surface area contributed by atoms with Gasteiger partial charge in [-0.15, -0.1) is 5.10 Å². The van der Waals surface area contributed by atoms with Gasteiger partial charge in [-0.2, -0.15) is 9.61 Å². The van der Waals surface area contributed by atoms with E-state index in [0.29, 0.717) is 21.3 Å². The maximum atomic E-state index is 13.4. The van der Waals surface area contributed by atoms with Crippen LogP contribution in [-0.2, 0) is 11.3 Å². The molecule has 4 aromatic rings. The number of anilines is 1. The molecule has 0 unspecified atom stereocenters. The number of halogens is 1. The van der Waals surface area contributed by atoms with Crippen LogP contribution in [0.2, 0.25) is 0 Å². The monoisotopic (exact) mass is 423 g/mol. The Labute approximate surface area is 175 Å². The standard InChI is InChI=1S/C21H18FN5O2S/c1-13-6-7-16(10-14(13)2)23-19(28)12-26-21(29)27-18(24-26)8-9-20(25-27)30-17-5-3-4-15(22)11-17/h3-11H,12H2,1-2H3,(H,23,28). The van der Waals surface area contributed by atoms with Crippen LogP contribution in [0, 0.1) is 19.7 Å². The quantitative estimate of drug-likeness (QED) is 0.532. The van der Waals surface area contributed by atoms with Gasteiger partial charge in [0.2, 0.25) is 5.91 Å². The average Bonchev–Trinajstić information content (AvgIpc) is 3.00. The predicted octanol–water partition coefficient (Wildman–Crippen LogP) is 3.44. The summed E-state index contributed by atoms with van der Waals surface area (Å²) < 4.78 is 15.6. The van der Waals surface area contributed by atoms with Gasteiger partial charge in [0.15, 0.2) is 5.65 Å². The molecule has 2 aromatic heterocycles. The van der Waals surface area contributed by atoms with Gasteiger partial charge in [-0.25, -0.2) is 13.9 Å². The third kappa shape index (κ3) is 4.25. The van der Waals surface area contributed by atoms with Gasteiger partial charge in [0.25, 0.3) is 0 Å². The van der Waals surface area contributed by atoms with Gasteiger partial charge >= 0.3 is 5.69 Å². The van der Waals surface area contributed by atoms with Crippen molar-refractivity contribution in [2.75, 3.05) is 5.32 Å². The highest BCUT2D eigenvalue weighted by Crippen LogP contribution is 2.26. The Hall–Kier alpha value is -3.46. The second kappa shape index (κ2) is 8.11. The molecule has 9 heteroatoms. The van der Waals surface area contributed by atoms with E-state index in [-0.39, 0.29) is 18.3 Å². The van der Waals surface area contributed by atoms with Crippen LogP contribution in [0.4, 0.5) is 10.1 Å². The van der Waals surface area contributed by atoms with Crippen LogP contribution in [0.5, 0.6) is 0 Å². The van der Waals surface area contributed by atoms with Gasteiger partial charge in [0.05, 0.1) is 0 Å². The molecule has 1 N–H and O–H groups in total. The van der Waals surface area contributed by atoms with Crippen LogP contribution in [0.25, 0.3) is 5.65 Å². The van der Waals surface area contributed by atoms with Crippen molar-refractivity contribution in [2.45, 2.75) is 30.3 Å². The first-order chi connectivity index (χ1) is 14.4. The topological polar surface area (TPSA) is 81.3 Å². The highest BCUT2D eigenvalue weighted by atomic mass is 32.2. The van der Waals surface area contributed by atoms with Gasteiger partial charge < -0.3 is 5.32 Å². The van der Waals surface area contributed by atoms with Crippen molar-refractivity contribution >= 4 is 29.0 Å². The molecule has 152 valence electrons. The molecule has 0 atom stereocenters. The third-order valence-electron chi connectivity index (χ3n) is 4.52. The zero-order chi connectivity index (χ0) is 21.3. The van der Waals surface area contributed by atoms with Crippen molar-refractivity contribution in [3.63, 3.8) is 0 Å². The van der Waals surface area contributed by atoms with Gasteiger partial charge in [-0.05, 0) is 67.4 Å². The number of carbonyl (C=O) groups is 1. The first kappa shape index (κ1) is 19.8. The summed E-state index contributed by atoms with van der Waals surface area (Å²) in [5, 5.41) is 11.7. The lowest BCUT2D eigenvalue weighted by Gasteiger charge is -2.07. The fourth-order valence-corrected chi connectivity index (χ4v) is 3.67. The van der Waals surface area contributed by atoms with E-state index in [9.17, 15) is 14.0 Å². The second-order valence-electron chi connectivity index (χ2n) is 6.79. The molecule has 0 spiro atoms. The van der Waals surface area contributed by atoms with E-state index in [0.717, 1.165) is 20.3 Å². The molecular weight excluding hydrogens is 405 g/mol. The smallest absolute Gasteiger partial charge is 0.324 e. The average molecular weight is 423 g/mol. The van der Waals surface area contributed by atoms with Crippen LogP contribution in [0.1, 0.15) is 11.1 Å². The third-order valence-corrected chi connectivity index (χ3v) is 5.43. The summed E-state index contributed by atoms with van der Waals surface area (Å²) in [4.78, 5) is 25.7. The Morgan fingerprint density at radius 3 is 2.67 bits per heavy atom. The van der Waals surface area contributed by atoms with E-state index < -0.39 is 5.69 Å². The molecule has 0 radical (unpaired) electrons. The first-order valence-electron chi connectivity index (χ1n) is 9.16. The summed E-state index contributed by atoms with van der Waals surface area (Å²) in [6.07, 6.45) is 0. The lowest BCUT2D eigenvalue weighted by atomic mass is 10.1. The molecule has 4 rings (SSSR count). The van der Waals surface area contributed by atoms with Crippen molar-refractivity contribution in [1.82, 2.24) is 19.4 Å². The summed E-state index contributed by atoms with van der Waals surface area (Å²) in [6, 6.07) is 15.0. The van der Waals surface area contributed by atoms with Crippen molar-refractivity contribution in [2.24, 2.45) is 0 Å². The van der Waals surface area contributed by atoms with Crippen LogP contribution < -0.4 is 11.0 Å². The van der Waals surface area contributed by atoms with Gasteiger partial charge in [0.1, 0.15) is 17.4 Å². The first-order valence-corrected chi connectivity index (χ1v) is 9.98. The van der Waals surface area contributed by atoms with Crippen molar-refractivity contribution in [1.29, 1.82) is 0 Å². The number of amides is 1. The predicted molar refractivity (Wildman–Crippen MR) is 112 cm³/mol. The van der Waals surface area contributed by atoms with Crippen LogP contribution in [0.15, 0.2) is 69.3 Å². The summed E-state index contributed by atoms with van der Waals surface area (Å²) >= 11 is 1.23. The molecule has 0 saturated carbocycles. The molecule has 0 aliphatic rings. The summed E-state index contributed by atoms with van der Waals surface area (Å²) in [5.41, 5.74) is 2.64. The van der Waals surface area contributed by atoms with Gasteiger partial charge in [0, 0.05) is 10.6 Å². The maximum absolute atomic E-state index is 13.4. The van der Waals surface area contributed by atoms with E-state index in [4.69, 9.17) is 0 Å². The highest BCUT2D eigenvalue weighted by molar-refractivity contribution is 7.99. The van der Waals surface area contributed by atoms with Gasteiger partial charge in [-0.3, -0.25) is 4.79 Å². The Morgan fingerprint density at radius 1 is 1.07 bits per heavy atom. The van der Waals surface area contributed by atoms with E-state index >= 15 is 0 Å². The number of rotatable bonds is 5. The zero-order valence-corrected chi connectivity index (χ0v) is 17.1. The molecule has 1 amide bonds. The van der Waals surface area contributed by atoms with Gasteiger partial charge in [-0.1, -0.05) is 23.9 Å². The van der Waals surface area contributed by atoms with E-state index in [1.54, 1.807) is 24.3 Å². The normalized spacial score (nSPS) is 11.0. The number of nitrogens with zero attached hydrogens (tertiary/aromatic N) is 4. The lowest BCUT2D eigenvalue weighted by Crippen LogP contribution is -2.28. The minimum Gasteiger partial charge on any atom is -0.324 e. The maximum Gasteiger partial charge on any atom is 0.367 e. The van der Waals surface area contributed by atoms with Crippen molar-refractivity contribution < 1.29 is 9.18 Å². The molecule has 0 aliphatic carbocycles. The van der Waals surface area contributed by atoms with Crippen LogP contribution in [-0.4, -0.2) is 25.3 Å². The summed E-state index contributed by atoms with van der Waals surface area (Å²) in [5.74, 6) is -0.709. The summed E-state index contributed by atoms with van der Waals surface area (Å²) in [7, 11) is 0. The Kier molecular flexibility index (Phi) is 5.37. The molecular formula is C21H18FN5O2S. The lowest BCUT2D eigenvalue weighted by molar-refractivity contribution is -0.117. The molecule has 2 aromatic carbocycles. The van der Waals surface area contributed by atoms with Crippen molar-refractivity contribution in [3.8, 4) is 0 Å². The number of hydrogen-bond donors (Lipinski definition) is 1. The molecule has 7 nitrogen and oxygen atoms in total. The Balaban J connectivity index is 1.53. The second-order valence-corrected chi connectivity index (χ2v) is 7.88.